The average Bonchev–Trinajstić information content (AvgIpc) is 3.25. The number of nitrogens with zero attached hydrogens (tertiary/aromatic N) is 4. The first kappa shape index (κ1) is 19.7. The lowest BCUT2D eigenvalue weighted by atomic mass is 10.1. The molecule has 160 valence electrons. The van der Waals surface area contributed by atoms with E-state index in [9.17, 15) is 18.0 Å². The Balaban J connectivity index is 1.73. The maximum Gasteiger partial charge on any atom is 0.266 e. The van der Waals surface area contributed by atoms with Crippen molar-refractivity contribution in [2.24, 2.45) is 0 Å². The number of halogens is 3. The van der Waals surface area contributed by atoms with Gasteiger partial charge in [-0.2, -0.15) is 0 Å². The minimum Gasteiger partial charge on any atom is -0.360 e. The second-order valence-electron chi connectivity index (χ2n) is 7.20. The fourth-order valence-corrected chi connectivity index (χ4v) is 3.70. The molecule has 0 amide bonds. The van der Waals surface area contributed by atoms with Crippen molar-refractivity contribution in [2.45, 2.75) is 13.0 Å². The van der Waals surface area contributed by atoms with Crippen LogP contribution in [0.25, 0.3) is 27.6 Å². The molecule has 0 aliphatic rings. The van der Waals surface area contributed by atoms with Gasteiger partial charge in [-0.05, 0) is 36.6 Å². The molecule has 0 aliphatic carbocycles. The van der Waals surface area contributed by atoms with Crippen LogP contribution in [0.5, 0.6) is 0 Å². The molecule has 5 rings (SSSR count). The van der Waals surface area contributed by atoms with E-state index in [1.54, 1.807) is 19.1 Å². The number of hydrogen-bond acceptors (Lipinski definition) is 5. The number of benzene rings is 2. The van der Waals surface area contributed by atoms with Crippen LogP contribution in [0.4, 0.5) is 19.0 Å². The number of fused-ring (bicyclic) bond motifs is 2. The van der Waals surface area contributed by atoms with E-state index in [-0.39, 0.29) is 11.1 Å². The zero-order chi connectivity index (χ0) is 22.4. The van der Waals surface area contributed by atoms with Crippen LogP contribution < -0.4 is 10.9 Å². The number of aromatic nitrogens is 5. The third-order valence-electron chi connectivity index (χ3n) is 5.20. The lowest BCUT2D eigenvalue weighted by Crippen LogP contribution is -2.26. The van der Waals surface area contributed by atoms with E-state index >= 15 is 0 Å². The van der Waals surface area contributed by atoms with Gasteiger partial charge in [0.25, 0.3) is 5.56 Å². The number of anilines is 1. The Kier molecular flexibility index (Phi) is 4.62. The molecule has 0 spiro atoms. The molecule has 2 aromatic carbocycles. The number of pyridine rings is 1. The first-order chi connectivity index (χ1) is 15.4. The lowest BCUT2D eigenvalue weighted by molar-refractivity contribution is 0.507. The Morgan fingerprint density at radius 1 is 1.00 bits per heavy atom. The summed E-state index contributed by atoms with van der Waals surface area (Å²) in [4.78, 5) is 28.7. The highest BCUT2D eigenvalue weighted by atomic mass is 19.2. The van der Waals surface area contributed by atoms with Crippen molar-refractivity contribution in [1.29, 1.82) is 0 Å². The highest BCUT2D eigenvalue weighted by molar-refractivity contribution is 5.84. The molecule has 0 fully saturated rings. The van der Waals surface area contributed by atoms with Crippen molar-refractivity contribution in [2.75, 3.05) is 5.32 Å². The summed E-state index contributed by atoms with van der Waals surface area (Å²) in [5, 5.41) is 3.41. The van der Waals surface area contributed by atoms with E-state index in [0.717, 1.165) is 16.7 Å². The molecule has 32 heavy (non-hydrogen) atoms. The number of aromatic amines is 1. The molecule has 1 atom stereocenters. The number of nitrogens with one attached hydrogen (secondary N) is 2. The standard InChI is InChI=1S/C22H15F3N6O/c1-11(30-21-19-20(27-9-26-19)28-10-29-21)17-7-12-3-2-4-15(24)18(12)22(32)31(17)13-5-6-14(23)16(25)8-13/h2-11H,1H3,(H2,26,27,28,29,30)/t11-/m0/s1. The van der Waals surface area contributed by atoms with Gasteiger partial charge in [-0.15, -0.1) is 0 Å². The minimum absolute atomic E-state index is 0.0651. The van der Waals surface area contributed by atoms with Crippen LogP contribution in [0.1, 0.15) is 18.7 Å². The van der Waals surface area contributed by atoms with Gasteiger partial charge in [0, 0.05) is 11.8 Å². The topological polar surface area (TPSA) is 88.5 Å². The van der Waals surface area contributed by atoms with Crippen LogP contribution in [0.3, 0.4) is 0 Å². The van der Waals surface area contributed by atoms with Crippen LogP contribution in [0, 0.1) is 17.5 Å². The Morgan fingerprint density at radius 2 is 1.84 bits per heavy atom. The SMILES string of the molecule is C[C@H](Nc1ncnc2[nH]cnc12)c1cc2cccc(F)c2c(=O)n1-c1ccc(F)c(F)c1. The summed E-state index contributed by atoms with van der Waals surface area (Å²) in [7, 11) is 0. The summed E-state index contributed by atoms with van der Waals surface area (Å²) in [5.74, 6) is -2.47. The van der Waals surface area contributed by atoms with Gasteiger partial charge in [0.1, 0.15) is 17.7 Å². The van der Waals surface area contributed by atoms with Crippen LogP contribution in [-0.4, -0.2) is 24.5 Å². The summed E-state index contributed by atoms with van der Waals surface area (Å²) in [6, 6.07) is 8.44. The molecule has 10 heteroatoms. The number of hydrogen-bond donors (Lipinski definition) is 2. The summed E-state index contributed by atoms with van der Waals surface area (Å²) in [6.45, 7) is 1.76. The van der Waals surface area contributed by atoms with Crippen molar-refractivity contribution in [3.63, 3.8) is 0 Å². The highest BCUT2D eigenvalue weighted by Crippen LogP contribution is 2.27. The predicted molar refractivity (Wildman–Crippen MR) is 113 cm³/mol. The van der Waals surface area contributed by atoms with Crippen molar-refractivity contribution in [3.8, 4) is 5.69 Å². The van der Waals surface area contributed by atoms with E-state index in [4.69, 9.17) is 0 Å². The number of imidazole rings is 1. The van der Waals surface area contributed by atoms with E-state index in [1.807, 2.05) is 0 Å². The van der Waals surface area contributed by atoms with Crippen LogP contribution >= 0.6 is 0 Å². The van der Waals surface area contributed by atoms with Gasteiger partial charge in [0.2, 0.25) is 0 Å². The van der Waals surface area contributed by atoms with Crippen molar-refractivity contribution >= 4 is 27.8 Å². The summed E-state index contributed by atoms with van der Waals surface area (Å²) in [6.07, 6.45) is 2.83. The van der Waals surface area contributed by atoms with Gasteiger partial charge in [-0.3, -0.25) is 9.36 Å². The van der Waals surface area contributed by atoms with Gasteiger partial charge in [-0.25, -0.2) is 28.1 Å². The van der Waals surface area contributed by atoms with Crippen LogP contribution in [0.2, 0.25) is 0 Å². The zero-order valence-electron chi connectivity index (χ0n) is 16.6. The molecule has 0 saturated carbocycles. The van der Waals surface area contributed by atoms with Gasteiger partial charge in [0.15, 0.2) is 23.1 Å². The molecule has 0 bridgehead atoms. The third-order valence-corrected chi connectivity index (χ3v) is 5.20. The second kappa shape index (κ2) is 7.49. The maximum absolute atomic E-state index is 14.5. The van der Waals surface area contributed by atoms with Gasteiger partial charge in [0.05, 0.1) is 23.4 Å². The molecule has 0 radical (unpaired) electrons. The monoisotopic (exact) mass is 436 g/mol. The second-order valence-corrected chi connectivity index (χ2v) is 7.20. The van der Waals surface area contributed by atoms with E-state index in [2.05, 4.69) is 25.3 Å². The minimum atomic E-state index is -1.12. The maximum atomic E-state index is 14.5. The Morgan fingerprint density at radius 3 is 2.66 bits per heavy atom. The Labute approximate surface area is 178 Å². The molecule has 3 aromatic heterocycles. The average molecular weight is 436 g/mol. The lowest BCUT2D eigenvalue weighted by Gasteiger charge is -2.21. The molecule has 7 nitrogen and oxygen atoms in total. The van der Waals surface area contributed by atoms with Gasteiger partial charge >= 0.3 is 0 Å². The summed E-state index contributed by atoms with van der Waals surface area (Å²) < 4.78 is 43.2. The molecule has 0 aliphatic heterocycles. The van der Waals surface area contributed by atoms with Gasteiger partial charge in [-0.1, -0.05) is 12.1 Å². The molecule has 0 saturated heterocycles. The van der Waals surface area contributed by atoms with Gasteiger partial charge < -0.3 is 10.3 Å². The normalized spacial score (nSPS) is 12.4. The Hall–Kier alpha value is -4.21. The van der Waals surface area contributed by atoms with E-state index < -0.39 is 29.1 Å². The first-order valence-electron chi connectivity index (χ1n) is 9.64. The highest BCUT2D eigenvalue weighted by Gasteiger charge is 2.20. The van der Waals surface area contributed by atoms with Crippen molar-refractivity contribution in [3.05, 3.63) is 88.6 Å². The zero-order valence-corrected chi connectivity index (χ0v) is 16.6. The van der Waals surface area contributed by atoms with Crippen LogP contribution in [0.15, 0.2) is 59.9 Å². The molecule has 3 heterocycles. The largest absolute Gasteiger partial charge is 0.360 e. The smallest absolute Gasteiger partial charge is 0.266 e. The van der Waals surface area contributed by atoms with E-state index in [1.165, 1.54) is 30.9 Å². The molecular weight excluding hydrogens is 421 g/mol. The third kappa shape index (κ3) is 3.16. The van der Waals surface area contributed by atoms with Crippen molar-refractivity contribution in [1.82, 2.24) is 24.5 Å². The fourth-order valence-electron chi connectivity index (χ4n) is 3.70. The first-order valence-corrected chi connectivity index (χ1v) is 9.64. The quantitative estimate of drug-likeness (QED) is 0.440. The number of H-pyrrole nitrogens is 1. The number of rotatable bonds is 4. The summed E-state index contributed by atoms with van der Waals surface area (Å²) >= 11 is 0. The fraction of sp³-hybridized carbons (Fsp3) is 0.0909. The molecular formula is C22H15F3N6O. The van der Waals surface area contributed by atoms with Crippen LogP contribution in [-0.2, 0) is 0 Å². The molecule has 2 N–H and O–H groups in total. The molecule has 0 unspecified atom stereocenters. The predicted octanol–water partition coefficient (Wildman–Crippen LogP) is 4.25. The molecule has 5 aromatic rings. The van der Waals surface area contributed by atoms with Crippen molar-refractivity contribution < 1.29 is 13.2 Å². The Bertz CT molecular complexity index is 1540. The summed E-state index contributed by atoms with van der Waals surface area (Å²) in [5.41, 5.74) is 0.778. The van der Waals surface area contributed by atoms with E-state index in [0.29, 0.717) is 28.1 Å².